The molecule has 0 aromatic rings. The van der Waals surface area contributed by atoms with Crippen LogP contribution in [0.2, 0.25) is 6.55 Å². The summed E-state index contributed by atoms with van der Waals surface area (Å²) in [5.74, 6) is 0. The van der Waals surface area contributed by atoms with Gasteiger partial charge in [0.2, 0.25) is 0 Å². The molecule has 16 heavy (non-hydrogen) atoms. The molecular weight excluding hydrogens is 220 g/mol. The number of nitrogens with zero attached hydrogens (tertiary/aromatic N) is 1. The Kier molecular flexibility index (Phi) is 7.42. The van der Waals surface area contributed by atoms with E-state index in [0.717, 1.165) is 12.8 Å². The van der Waals surface area contributed by atoms with Gasteiger partial charge in [-0.1, -0.05) is 13.8 Å². The van der Waals surface area contributed by atoms with Crippen molar-refractivity contribution in [2.75, 3.05) is 28.3 Å². The molecule has 0 spiro atoms. The van der Waals surface area contributed by atoms with Crippen LogP contribution in [0.15, 0.2) is 0 Å². The monoisotopic (exact) mass is 248 g/mol. The molecule has 0 amide bonds. The average Bonchev–Trinajstić information content (AvgIpc) is 2.29. The van der Waals surface area contributed by atoms with Crippen molar-refractivity contribution in [2.24, 2.45) is 0 Å². The summed E-state index contributed by atoms with van der Waals surface area (Å²) in [7, 11) is 5.58. The highest BCUT2D eigenvalue weighted by molar-refractivity contribution is 6.67. The smallest absolute Gasteiger partial charge is 0.351 e. The van der Waals surface area contributed by atoms with Crippen LogP contribution >= 0.6 is 0 Å². The summed E-state index contributed by atoms with van der Waals surface area (Å²) in [6.07, 6.45) is 2.47. The van der Waals surface area contributed by atoms with Gasteiger partial charge in [0.1, 0.15) is 0 Å². The second-order valence-electron chi connectivity index (χ2n) is 4.44. The second kappa shape index (κ2) is 7.40. The lowest BCUT2D eigenvalue weighted by atomic mass is 10.3. The van der Waals surface area contributed by atoms with Gasteiger partial charge in [-0.05, 0) is 33.5 Å². The quantitative estimate of drug-likeness (QED) is 0.522. The molecule has 0 aromatic heterocycles. The number of rotatable bonds is 8. The van der Waals surface area contributed by atoms with Crippen LogP contribution < -0.4 is 5.32 Å². The van der Waals surface area contributed by atoms with Crippen LogP contribution in [0.5, 0.6) is 0 Å². The highest BCUT2D eigenvalue weighted by atomic mass is 28.4. The highest BCUT2D eigenvalue weighted by Crippen LogP contribution is 2.15. The molecule has 2 atom stereocenters. The van der Waals surface area contributed by atoms with Gasteiger partial charge in [-0.15, -0.1) is 0 Å². The maximum atomic E-state index is 5.60. The van der Waals surface area contributed by atoms with Crippen molar-refractivity contribution >= 4 is 8.56 Å². The van der Waals surface area contributed by atoms with Crippen molar-refractivity contribution in [1.82, 2.24) is 10.2 Å². The van der Waals surface area contributed by atoms with E-state index in [-0.39, 0.29) is 0 Å². The van der Waals surface area contributed by atoms with Crippen molar-refractivity contribution in [2.45, 2.75) is 45.1 Å². The lowest BCUT2D eigenvalue weighted by Crippen LogP contribution is -2.60. The van der Waals surface area contributed by atoms with E-state index in [1.165, 1.54) is 0 Å². The number of hydrogen-bond acceptors (Lipinski definition) is 4. The molecule has 0 saturated heterocycles. The third kappa shape index (κ3) is 4.14. The number of nitrogens with one attached hydrogen (secondary N) is 1. The van der Waals surface area contributed by atoms with Crippen molar-refractivity contribution in [1.29, 1.82) is 0 Å². The second-order valence-corrected chi connectivity index (χ2v) is 7.98. The van der Waals surface area contributed by atoms with Crippen LogP contribution in [-0.2, 0) is 8.85 Å². The van der Waals surface area contributed by atoms with E-state index in [1.54, 1.807) is 14.2 Å². The first-order valence-electron chi connectivity index (χ1n) is 5.97. The Bertz CT molecular complexity index is 187. The molecule has 0 fully saturated rings. The Labute approximate surface area is 102 Å². The lowest BCUT2D eigenvalue weighted by Gasteiger charge is -2.36. The zero-order valence-corrected chi connectivity index (χ0v) is 12.8. The fraction of sp³-hybridized carbons (Fsp3) is 1.00. The highest BCUT2D eigenvalue weighted by Gasteiger charge is 2.39. The van der Waals surface area contributed by atoms with Crippen LogP contribution in [0.4, 0.5) is 0 Å². The van der Waals surface area contributed by atoms with E-state index in [4.69, 9.17) is 8.85 Å². The molecule has 0 heterocycles. The molecule has 0 radical (unpaired) electrons. The normalized spacial score (nSPS) is 16.5. The fourth-order valence-electron chi connectivity index (χ4n) is 1.87. The van der Waals surface area contributed by atoms with Gasteiger partial charge in [-0.3, -0.25) is 10.2 Å². The van der Waals surface area contributed by atoms with Crippen molar-refractivity contribution in [3.05, 3.63) is 0 Å². The van der Waals surface area contributed by atoms with E-state index < -0.39 is 8.56 Å². The van der Waals surface area contributed by atoms with E-state index in [1.807, 2.05) is 0 Å². The average molecular weight is 248 g/mol. The molecular formula is C11H28N2O2Si. The Morgan fingerprint density at radius 3 is 1.88 bits per heavy atom. The Hall–Kier alpha value is 0.0569. The van der Waals surface area contributed by atoms with E-state index in [9.17, 15) is 0 Å². The summed E-state index contributed by atoms with van der Waals surface area (Å²) in [5, 5.41) is 3.63. The fourth-order valence-corrected chi connectivity index (χ4v) is 3.84. The van der Waals surface area contributed by atoms with Crippen molar-refractivity contribution in [3.8, 4) is 0 Å². The molecule has 0 aliphatic heterocycles. The number of hydrogen-bond donors (Lipinski definition) is 1. The Morgan fingerprint density at radius 2 is 1.62 bits per heavy atom. The largest absolute Gasteiger partial charge is 0.397 e. The van der Waals surface area contributed by atoms with Gasteiger partial charge < -0.3 is 8.85 Å². The standard InChI is InChI=1S/C11H28N2O2Si/c1-8-10(13(3)4)12-11(9-2)16(7,14-5)15-6/h10-12H,8-9H2,1-7H3. The Balaban J connectivity index is 4.60. The molecule has 0 aromatic carbocycles. The first-order chi connectivity index (χ1) is 7.45. The van der Waals surface area contributed by atoms with Crippen molar-refractivity contribution < 1.29 is 8.85 Å². The minimum Gasteiger partial charge on any atom is -0.397 e. The third-order valence-electron chi connectivity index (χ3n) is 3.26. The summed E-state index contributed by atoms with van der Waals surface area (Å²) in [5.41, 5.74) is 0.315. The molecule has 98 valence electrons. The minimum absolute atomic E-state index is 0.315. The molecule has 0 saturated carbocycles. The van der Waals surface area contributed by atoms with Gasteiger partial charge in [-0.2, -0.15) is 0 Å². The Morgan fingerprint density at radius 1 is 1.12 bits per heavy atom. The molecule has 0 bridgehead atoms. The SMILES string of the molecule is CCC(NC(CC)[Si](C)(OC)OC)N(C)C. The van der Waals surface area contributed by atoms with E-state index in [0.29, 0.717) is 11.8 Å². The van der Waals surface area contributed by atoms with Gasteiger partial charge in [0.05, 0.1) is 11.8 Å². The third-order valence-corrected chi connectivity index (χ3v) is 6.72. The molecule has 2 unspecified atom stereocenters. The van der Waals surface area contributed by atoms with Crippen LogP contribution in [0, 0.1) is 0 Å². The molecule has 0 aliphatic carbocycles. The van der Waals surface area contributed by atoms with Gasteiger partial charge in [0, 0.05) is 14.2 Å². The first-order valence-corrected chi connectivity index (χ1v) is 8.37. The van der Waals surface area contributed by atoms with Crippen LogP contribution in [0.3, 0.4) is 0 Å². The molecule has 4 nitrogen and oxygen atoms in total. The van der Waals surface area contributed by atoms with Gasteiger partial charge >= 0.3 is 8.56 Å². The van der Waals surface area contributed by atoms with Crippen LogP contribution in [-0.4, -0.2) is 53.6 Å². The van der Waals surface area contributed by atoms with Gasteiger partial charge in [-0.25, -0.2) is 0 Å². The summed E-state index contributed by atoms with van der Waals surface area (Å²) in [6, 6.07) is 0. The predicted octanol–water partition coefficient (Wildman–Crippen LogP) is 1.56. The summed E-state index contributed by atoms with van der Waals surface area (Å²) in [6.45, 7) is 6.46. The lowest BCUT2D eigenvalue weighted by molar-refractivity contribution is 0.188. The molecule has 5 heteroatoms. The maximum Gasteiger partial charge on any atom is 0.351 e. The molecule has 1 N–H and O–H groups in total. The van der Waals surface area contributed by atoms with Crippen LogP contribution in [0.1, 0.15) is 26.7 Å². The van der Waals surface area contributed by atoms with E-state index >= 15 is 0 Å². The summed E-state index contributed by atoms with van der Waals surface area (Å²) in [4.78, 5) is 2.20. The zero-order chi connectivity index (χ0) is 12.8. The van der Waals surface area contributed by atoms with Gasteiger partial charge in [0.15, 0.2) is 0 Å². The van der Waals surface area contributed by atoms with E-state index in [2.05, 4.69) is 44.7 Å². The topological polar surface area (TPSA) is 33.7 Å². The summed E-state index contributed by atoms with van der Waals surface area (Å²) < 4.78 is 11.2. The summed E-state index contributed by atoms with van der Waals surface area (Å²) >= 11 is 0. The van der Waals surface area contributed by atoms with Crippen LogP contribution in [0.25, 0.3) is 0 Å². The maximum absolute atomic E-state index is 5.60. The van der Waals surface area contributed by atoms with Crippen molar-refractivity contribution in [3.63, 3.8) is 0 Å². The minimum atomic E-state index is -2.09. The first kappa shape index (κ1) is 16.1. The molecule has 0 aliphatic rings. The molecule has 0 rings (SSSR count). The predicted molar refractivity (Wildman–Crippen MR) is 70.6 cm³/mol. The van der Waals surface area contributed by atoms with Gasteiger partial charge in [0.25, 0.3) is 0 Å². The zero-order valence-electron chi connectivity index (χ0n) is 11.8.